The highest BCUT2D eigenvalue weighted by Gasteiger charge is 2.28. The molecule has 0 aliphatic heterocycles. The molecule has 5 aromatic carbocycles. The van der Waals surface area contributed by atoms with Crippen molar-refractivity contribution in [2.45, 2.75) is 24.5 Å². The summed E-state index contributed by atoms with van der Waals surface area (Å²) >= 11 is 0.0186. The highest BCUT2D eigenvalue weighted by molar-refractivity contribution is 7.94. The van der Waals surface area contributed by atoms with Gasteiger partial charge in [-0.2, -0.15) is 33.7 Å². The molecule has 0 spiro atoms. The van der Waals surface area contributed by atoms with Crippen molar-refractivity contribution in [1.82, 2.24) is 0 Å². The lowest BCUT2D eigenvalue weighted by Crippen LogP contribution is -2.03. The van der Waals surface area contributed by atoms with Gasteiger partial charge >= 0.3 is 0 Å². The Balaban J connectivity index is 1.80. The van der Waals surface area contributed by atoms with Crippen molar-refractivity contribution < 1.29 is 81.6 Å². The van der Waals surface area contributed by atoms with Gasteiger partial charge in [-0.15, -0.1) is 24.8 Å². The quantitative estimate of drug-likeness (QED) is 0.0153. The molecule has 0 unspecified atom stereocenters. The van der Waals surface area contributed by atoms with Crippen molar-refractivity contribution in [3.8, 4) is 11.5 Å². The Morgan fingerprint density at radius 2 is 1.29 bits per heavy atom. The Kier molecular flexibility index (Phi) is 11.1. The predicted octanol–water partition coefficient (Wildman–Crippen LogP) is 5.14. The molecule has 0 saturated carbocycles. The molecule has 0 aliphatic carbocycles. The number of anilines is 1. The first-order chi connectivity index (χ1) is 25.8. The average molecular weight is 879 g/mol. The number of hydrogen-bond donors (Lipinski definition) is 8. The number of nitrogens with two attached hydrogens (primary N) is 1. The van der Waals surface area contributed by atoms with Gasteiger partial charge in [-0.3, -0.25) is 28.3 Å². The third-order valence-electron chi connectivity index (χ3n) is 7.28. The third-order valence-corrected chi connectivity index (χ3v) is 11.5. The van der Waals surface area contributed by atoms with Crippen LogP contribution in [0.2, 0.25) is 0 Å². The minimum absolute atomic E-state index is 0.0186. The van der Waals surface area contributed by atoms with E-state index in [0.29, 0.717) is 24.3 Å². The summed E-state index contributed by atoms with van der Waals surface area (Å²) < 4.78 is 141. The number of fused-ring (bicyclic) bond motifs is 2. The number of benzene rings is 5. The summed E-state index contributed by atoms with van der Waals surface area (Å²) in [6.07, 6.45) is 0. The molecule has 0 bridgehead atoms. The van der Waals surface area contributed by atoms with Crippen molar-refractivity contribution in [2.75, 3.05) is 5.73 Å². The summed E-state index contributed by atoms with van der Waals surface area (Å²) in [5.41, 5.74) is 1.60. The lowest BCUT2D eigenvalue weighted by Gasteiger charge is -2.14. The van der Waals surface area contributed by atoms with Gasteiger partial charge in [-0.25, -0.2) is 5.26 Å². The largest absolute Gasteiger partial charge is 0.507 e. The molecule has 0 radical (unpaired) electrons. The van der Waals surface area contributed by atoms with Crippen LogP contribution in [0.25, 0.3) is 21.5 Å². The van der Waals surface area contributed by atoms with Crippen LogP contribution in [0.3, 0.4) is 0 Å². The number of azo groups is 2. The number of aromatic hydroxyl groups is 2. The zero-order chi connectivity index (χ0) is 41.7. The highest BCUT2D eigenvalue weighted by atomic mass is 32.2. The maximum absolute atomic E-state index is 12.6. The number of nitro benzene ring substituents is 1. The van der Waals surface area contributed by atoms with Crippen molar-refractivity contribution in [3.63, 3.8) is 0 Å². The molecular formula is C26H18N6O19S5. The number of rotatable bonds is 12. The molecule has 296 valence electrons. The molecule has 9 N–H and O–H groups in total. The number of nitrogens with zero attached hydrogens (tertiary/aromatic N) is 5. The molecule has 0 aromatic heterocycles. The fourth-order valence-electron chi connectivity index (χ4n) is 4.98. The zero-order valence-corrected chi connectivity index (χ0v) is 30.7. The van der Waals surface area contributed by atoms with Crippen molar-refractivity contribution in [3.05, 3.63) is 64.7 Å². The SMILES string of the molecule is Nc1c(N=Nc2ccc3c(O)cc(S(=O)(=O)O)cc3c2S(=O)(=O)O)cc(S(=O)(=O)O)c2cc(SOOO)c(N=Nc3ccc([N+](=O)[O-])cc3S(=O)(=O)O)c(O)c12. The molecule has 56 heavy (non-hydrogen) atoms. The number of hydrogen-bond acceptors (Lipinski definition) is 21. The first kappa shape index (κ1) is 41.6. The summed E-state index contributed by atoms with van der Waals surface area (Å²) in [4.78, 5) is 5.28. The lowest BCUT2D eigenvalue weighted by molar-refractivity contribution is -0.432. The fourth-order valence-corrected chi connectivity index (χ4v) is 8.16. The maximum atomic E-state index is 12.6. The molecule has 0 heterocycles. The van der Waals surface area contributed by atoms with Crippen molar-refractivity contribution in [1.29, 1.82) is 0 Å². The van der Waals surface area contributed by atoms with Crippen LogP contribution in [0.1, 0.15) is 0 Å². The van der Waals surface area contributed by atoms with Gasteiger partial charge in [0.1, 0.15) is 43.2 Å². The van der Waals surface area contributed by atoms with Gasteiger partial charge < -0.3 is 15.9 Å². The number of phenolic OH excluding ortho intramolecular Hbond substituents is 2. The van der Waals surface area contributed by atoms with Gasteiger partial charge in [0.2, 0.25) is 0 Å². The Morgan fingerprint density at radius 3 is 1.86 bits per heavy atom. The van der Waals surface area contributed by atoms with Gasteiger partial charge in [0, 0.05) is 34.4 Å². The van der Waals surface area contributed by atoms with E-state index in [1.165, 1.54) is 0 Å². The van der Waals surface area contributed by atoms with Crippen LogP contribution in [0.5, 0.6) is 11.5 Å². The van der Waals surface area contributed by atoms with E-state index in [1.807, 2.05) is 0 Å². The van der Waals surface area contributed by atoms with Crippen LogP contribution < -0.4 is 5.73 Å². The van der Waals surface area contributed by atoms with E-state index in [-0.39, 0.29) is 17.4 Å². The third kappa shape index (κ3) is 8.34. The normalized spacial score (nSPS) is 13.0. The van der Waals surface area contributed by atoms with E-state index in [9.17, 15) is 72.2 Å². The first-order valence-corrected chi connectivity index (χ1v) is 20.4. The molecule has 5 aromatic rings. The van der Waals surface area contributed by atoms with Gasteiger partial charge in [0.15, 0.2) is 5.75 Å². The Hall–Kier alpha value is -5.51. The summed E-state index contributed by atoms with van der Waals surface area (Å²) in [5, 5.41) is 57.3. The van der Waals surface area contributed by atoms with E-state index >= 15 is 0 Å². The predicted molar refractivity (Wildman–Crippen MR) is 187 cm³/mol. The molecule has 25 nitrogen and oxygen atoms in total. The second-order valence-electron chi connectivity index (χ2n) is 10.7. The minimum atomic E-state index is -5.39. The summed E-state index contributed by atoms with van der Waals surface area (Å²) in [7, 11) is -21.0. The Labute approximate surface area is 315 Å². The maximum Gasteiger partial charge on any atom is 0.297 e. The van der Waals surface area contributed by atoms with E-state index in [1.54, 1.807) is 0 Å². The van der Waals surface area contributed by atoms with Gasteiger partial charge in [0.05, 0.1) is 37.8 Å². The Morgan fingerprint density at radius 1 is 0.679 bits per heavy atom. The van der Waals surface area contributed by atoms with E-state index < -0.39 is 132 Å². The molecule has 0 fully saturated rings. The van der Waals surface area contributed by atoms with Crippen LogP contribution in [-0.2, 0) is 49.8 Å². The van der Waals surface area contributed by atoms with Gasteiger partial charge in [0.25, 0.3) is 46.2 Å². The van der Waals surface area contributed by atoms with E-state index in [0.717, 1.165) is 30.3 Å². The topological polar surface area (TPSA) is 415 Å². The van der Waals surface area contributed by atoms with Crippen molar-refractivity contribution in [2.24, 2.45) is 20.5 Å². The van der Waals surface area contributed by atoms with E-state index in [4.69, 9.17) is 11.0 Å². The van der Waals surface area contributed by atoms with Crippen LogP contribution in [0.4, 0.5) is 34.1 Å². The standard InChI is InChI=1S/C26H18N6O19S5/c27-23-17(30-29-16-4-2-12-13(26(16)56(47,48)49)6-11(7-18(12)33)53(38,39)40)9-20(54(41,42)43)14-8-19(52-51-50-37)24(25(34)22(14)23)31-28-15-3-1-10(32(35)36)5-21(15)55(44,45)46/h1-9,33-34,37H,27H2,(H,38,39,40)(H,41,42,43)(H,44,45,46)(H,47,48,49). The summed E-state index contributed by atoms with van der Waals surface area (Å²) in [5.74, 6) is -2.01. The molecule has 5 rings (SSSR count). The average Bonchev–Trinajstić information content (AvgIpc) is 3.07. The summed E-state index contributed by atoms with van der Waals surface area (Å²) in [6.45, 7) is 0. The highest BCUT2D eigenvalue weighted by Crippen LogP contribution is 2.50. The monoisotopic (exact) mass is 878 g/mol. The smallest absolute Gasteiger partial charge is 0.297 e. The number of phenols is 2. The number of non-ortho nitro benzene ring substituents is 1. The van der Waals surface area contributed by atoms with Crippen LogP contribution >= 0.6 is 12.0 Å². The first-order valence-electron chi connectivity index (χ1n) is 13.9. The van der Waals surface area contributed by atoms with Crippen LogP contribution in [0, 0.1) is 10.1 Å². The Bertz CT molecular complexity index is 3030. The minimum Gasteiger partial charge on any atom is -0.507 e. The summed E-state index contributed by atoms with van der Waals surface area (Å²) in [6, 6.07) is 6.31. The second-order valence-corrected chi connectivity index (χ2v) is 17.0. The number of nitrogen functional groups attached to an aromatic ring is 1. The van der Waals surface area contributed by atoms with Crippen molar-refractivity contribution >= 4 is 108 Å². The van der Waals surface area contributed by atoms with Gasteiger partial charge in [-0.05, 0) is 36.4 Å². The molecule has 0 atom stereocenters. The molecule has 0 saturated heterocycles. The fraction of sp³-hybridized carbons (Fsp3) is 0. The molecule has 30 heteroatoms. The number of nitro groups is 1. The second kappa shape index (κ2) is 14.9. The zero-order valence-electron chi connectivity index (χ0n) is 26.6. The van der Waals surface area contributed by atoms with E-state index in [2.05, 4.69) is 29.8 Å². The van der Waals surface area contributed by atoms with Crippen LogP contribution in [-0.4, -0.2) is 72.3 Å². The molecule has 0 aliphatic rings. The lowest BCUT2D eigenvalue weighted by atomic mass is 10.0. The van der Waals surface area contributed by atoms with Crippen LogP contribution in [0.15, 0.2) is 99.5 Å². The molecular weight excluding hydrogens is 861 g/mol. The van der Waals surface area contributed by atoms with Gasteiger partial charge in [-0.1, -0.05) is 5.04 Å². The molecule has 0 amide bonds.